The Morgan fingerprint density at radius 3 is 2.61 bits per heavy atom. The van der Waals surface area contributed by atoms with Crippen molar-refractivity contribution in [2.45, 2.75) is 40.3 Å². The highest BCUT2D eigenvalue weighted by Crippen LogP contribution is 2.29. The molecule has 28 heavy (non-hydrogen) atoms. The zero-order chi connectivity index (χ0) is 20.2. The van der Waals surface area contributed by atoms with Crippen molar-refractivity contribution in [3.8, 4) is 0 Å². The van der Waals surface area contributed by atoms with Crippen molar-refractivity contribution in [1.29, 1.82) is 0 Å². The highest BCUT2D eigenvalue weighted by Gasteiger charge is 2.29. The number of fused-ring (bicyclic) bond motifs is 3. The van der Waals surface area contributed by atoms with Gasteiger partial charge in [-0.3, -0.25) is 18.5 Å². The quantitative estimate of drug-likeness (QED) is 0.697. The van der Waals surface area contributed by atoms with Crippen LogP contribution in [0.5, 0.6) is 0 Å². The molecule has 0 N–H and O–H groups in total. The molecule has 1 aliphatic heterocycles. The number of anilines is 1. The van der Waals surface area contributed by atoms with Gasteiger partial charge in [0.05, 0.1) is 18.3 Å². The number of hydrogen-bond donors (Lipinski definition) is 0. The molecular formula is C20H24N6O2. The monoisotopic (exact) mass is 380 g/mol. The third-order valence-electron chi connectivity index (χ3n) is 5.38. The van der Waals surface area contributed by atoms with Crippen LogP contribution in [-0.2, 0) is 13.6 Å². The summed E-state index contributed by atoms with van der Waals surface area (Å²) >= 11 is 0. The van der Waals surface area contributed by atoms with Crippen molar-refractivity contribution in [2.24, 2.45) is 12.1 Å². The summed E-state index contributed by atoms with van der Waals surface area (Å²) in [5.41, 5.74) is 3.03. The summed E-state index contributed by atoms with van der Waals surface area (Å²) in [6.45, 7) is 8.75. The minimum atomic E-state index is -0.372. The maximum absolute atomic E-state index is 13.4. The van der Waals surface area contributed by atoms with Gasteiger partial charge in [-0.25, -0.2) is 9.80 Å². The number of rotatable bonds is 3. The summed E-state index contributed by atoms with van der Waals surface area (Å²) in [4.78, 5) is 30.9. The molecule has 2 aromatic heterocycles. The van der Waals surface area contributed by atoms with E-state index in [1.807, 2.05) is 56.5 Å². The summed E-state index contributed by atoms with van der Waals surface area (Å²) in [6, 6.07) is 7.72. The van der Waals surface area contributed by atoms with Crippen molar-refractivity contribution >= 4 is 22.8 Å². The number of nitrogens with zero attached hydrogens (tertiary/aromatic N) is 6. The SMILES string of the molecule is CCN1N=C(C)[C@H](C)n2c1nc1c2c(=O)n(Cc2cccc(C)c2)c(=O)n1C. The van der Waals surface area contributed by atoms with Gasteiger partial charge < -0.3 is 0 Å². The number of hydrazone groups is 1. The summed E-state index contributed by atoms with van der Waals surface area (Å²) < 4.78 is 4.64. The van der Waals surface area contributed by atoms with E-state index in [0.29, 0.717) is 23.7 Å². The fourth-order valence-corrected chi connectivity index (χ4v) is 3.73. The van der Waals surface area contributed by atoms with Gasteiger partial charge in [-0.2, -0.15) is 10.1 Å². The fourth-order valence-electron chi connectivity index (χ4n) is 3.73. The highest BCUT2D eigenvalue weighted by atomic mass is 16.2. The first kappa shape index (κ1) is 18.2. The van der Waals surface area contributed by atoms with E-state index in [2.05, 4.69) is 10.1 Å². The number of imidazole rings is 1. The van der Waals surface area contributed by atoms with Gasteiger partial charge >= 0.3 is 5.69 Å². The minimum absolute atomic E-state index is 0.111. The van der Waals surface area contributed by atoms with E-state index >= 15 is 0 Å². The smallest absolute Gasteiger partial charge is 0.294 e. The van der Waals surface area contributed by atoms with Gasteiger partial charge in [0, 0.05) is 13.6 Å². The van der Waals surface area contributed by atoms with Crippen molar-refractivity contribution in [3.63, 3.8) is 0 Å². The standard InChI is InChI=1S/C20H24N6O2/c1-6-25-19-21-17-16(26(19)14(4)13(3)22-25)18(27)24(20(28)23(17)5)11-15-9-7-8-12(2)10-15/h7-10,14H,6,11H2,1-5H3/t14-/m0/s1. The van der Waals surface area contributed by atoms with Crippen molar-refractivity contribution in [2.75, 3.05) is 11.6 Å². The van der Waals surface area contributed by atoms with Crippen LogP contribution in [0.2, 0.25) is 0 Å². The van der Waals surface area contributed by atoms with Crippen LogP contribution in [0.4, 0.5) is 5.95 Å². The Hall–Kier alpha value is -3.16. The molecule has 0 radical (unpaired) electrons. The van der Waals surface area contributed by atoms with Crippen LogP contribution >= 0.6 is 0 Å². The molecule has 1 aliphatic rings. The Morgan fingerprint density at radius 2 is 1.93 bits per heavy atom. The average Bonchev–Trinajstić information content (AvgIpc) is 3.07. The lowest BCUT2D eigenvalue weighted by Crippen LogP contribution is -2.40. The second-order valence-corrected chi connectivity index (χ2v) is 7.31. The third-order valence-corrected chi connectivity index (χ3v) is 5.38. The van der Waals surface area contributed by atoms with E-state index in [0.717, 1.165) is 16.8 Å². The molecule has 0 aliphatic carbocycles. The van der Waals surface area contributed by atoms with E-state index in [1.54, 1.807) is 12.1 Å². The summed E-state index contributed by atoms with van der Waals surface area (Å²) in [7, 11) is 1.66. The molecule has 0 spiro atoms. The van der Waals surface area contributed by atoms with E-state index < -0.39 is 0 Å². The van der Waals surface area contributed by atoms with Crippen molar-refractivity contribution in [3.05, 3.63) is 56.2 Å². The van der Waals surface area contributed by atoms with Gasteiger partial charge in [0.1, 0.15) is 0 Å². The molecule has 3 heterocycles. The maximum atomic E-state index is 13.4. The molecule has 0 saturated heterocycles. The predicted octanol–water partition coefficient (Wildman–Crippen LogP) is 2.03. The molecule has 3 aromatic rings. The first-order chi connectivity index (χ1) is 13.3. The molecule has 0 saturated carbocycles. The van der Waals surface area contributed by atoms with Crippen LogP contribution in [0, 0.1) is 6.92 Å². The Labute approximate surface area is 162 Å². The van der Waals surface area contributed by atoms with Crippen molar-refractivity contribution in [1.82, 2.24) is 18.7 Å². The van der Waals surface area contributed by atoms with Gasteiger partial charge in [0.25, 0.3) is 5.56 Å². The fraction of sp³-hybridized carbons (Fsp3) is 0.400. The largest absolute Gasteiger partial charge is 0.332 e. The van der Waals surface area contributed by atoms with Gasteiger partial charge in [0.15, 0.2) is 11.2 Å². The lowest BCUT2D eigenvalue weighted by molar-refractivity contribution is 0.631. The lowest BCUT2D eigenvalue weighted by atomic mass is 10.1. The highest BCUT2D eigenvalue weighted by molar-refractivity contribution is 5.91. The number of aromatic nitrogens is 4. The maximum Gasteiger partial charge on any atom is 0.332 e. The van der Waals surface area contributed by atoms with Crippen LogP contribution < -0.4 is 16.3 Å². The molecule has 4 rings (SSSR count). The lowest BCUT2D eigenvalue weighted by Gasteiger charge is -2.28. The first-order valence-electron chi connectivity index (χ1n) is 9.43. The predicted molar refractivity (Wildman–Crippen MR) is 110 cm³/mol. The molecule has 1 aromatic carbocycles. The van der Waals surface area contributed by atoms with Crippen LogP contribution in [0.3, 0.4) is 0 Å². The zero-order valence-corrected chi connectivity index (χ0v) is 16.8. The van der Waals surface area contributed by atoms with Crippen LogP contribution in [0.15, 0.2) is 39.0 Å². The van der Waals surface area contributed by atoms with Crippen LogP contribution in [0.25, 0.3) is 11.2 Å². The van der Waals surface area contributed by atoms with E-state index in [1.165, 1.54) is 9.13 Å². The number of benzene rings is 1. The second-order valence-electron chi connectivity index (χ2n) is 7.31. The van der Waals surface area contributed by atoms with E-state index in [-0.39, 0.29) is 23.8 Å². The zero-order valence-electron chi connectivity index (χ0n) is 16.8. The molecule has 0 bridgehead atoms. The Balaban J connectivity index is 2.00. The molecule has 146 valence electrons. The summed E-state index contributed by atoms with van der Waals surface area (Å²) in [5, 5.41) is 6.34. The molecule has 0 amide bonds. The van der Waals surface area contributed by atoms with Crippen molar-refractivity contribution < 1.29 is 0 Å². The second kappa shape index (κ2) is 6.47. The van der Waals surface area contributed by atoms with Crippen LogP contribution in [0.1, 0.15) is 37.9 Å². The van der Waals surface area contributed by atoms with Gasteiger partial charge in [-0.1, -0.05) is 29.8 Å². The summed E-state index contributed by atoms with van der Waals surface area (Å²) in [5.74, 6) is 0.594. The van der Waals surface area contributed by atoms with E-state index in [9.17, 15) is 9.59 Å². The summed E-state index contributed by atoms with van der Waals surface area (Å²) in [6.07, 6.45) is 0. The third kappa shape index (κ3) is 2.59. The van der Waals surface area contributed by atoms with E-state index in [4.69, 9.17) is 0 Å². The number of hydrogen-bond acceptors (Lipinski definition) is 5. The molecule has 1 atom stereocenters. The topological polar surface area (TPSA) is 77.4 Å². The number of aryl methyl sites for hydroxylation is 2. The Bertz CT molecular complexity index is 1230. The Morgan fingerprint density at radius 1 is 1.18 bits per heavy atom. The van der Waals surface area contributed by atoms with Gasteiger partial charge in [-0.15, -0.1) is 0 Å². The molecule has 8 nitrogen and oxygen atoms in total. The molecule has 0 fully saturated rings. The van der Waals surface area contributed by atoms with Gasteiger partial charge in [-0.05, 0) is 33.3 Å². The first-order valence-corrected chi connectivity index (χ1v) is 9.43. The molecular weight excluding hydrogens is 356 g/mol. The molecule has 8 heteroatoms. The van der Waals surface area contributed by atoms with Gasteiger partial charge in [0.2, 0.25) is 5.95 Å². The normalized spacial score (nSPS) is 16.4. The molecule has 0 unspecified atom stereocenters. The minimum Gasteiger partial charge on any atom is -0.294 e. The Kier molecular flexibility index (Phi) is 4.21. The van der Waals surface area contributed by atoms with Crippen LogP contribution in [-0.4, -0.2) is 30.9 Å². The average molecular weight is 380 g/mol.